The van der Waals surface area contributed by atoms with Crippen LogP contribution in [0.3, 0.4) is 0 Å². The molecule has 1 aromatic rings. The summed E-state index contributed by atoms with van der Waals surface area (Å²) in [6.07, 6.45) is -4.35. The predicted molar refractivity (Wildman–Crippen MR) is 69.0 cm³/mol. The SMILES string of the molecule is NC[C@H]1CCN(S(=O)(=O)c2ccccc2OC(F)(F)F)C1. The molecule has 1 fully saturated rings. The topological polar surface area (TPSA) is 72.6 Å². The van der Waals surface area contributed by atoms with E-state index >= 15 is 0 Å². The van der Waals surface area contributed by atoms with Gasteiger partial charge in [0.15, 0.2) is 0 Å². The minimum Gasteiger partial charge on any atom is -0.404 e. The van der Waals surface area contributed by atoms with Gasteiger partial charge in [0.25, 0.3) is 0 Å². The lowest BCUT2D eigenvalue weighted by Crippen LogP contribution is -2.31. The number of hydrogen-bond acceptors (Lipinski definition) is 4. The van der Waals surface area contributed by atoms with Crippen molar-refractivity contribution in [2.75, 3.05) is 19.6 Å². The summed E-state index contributed by atoms with van der Waals surface area (Å²) in [5.41, 5.74) is 5.50. The first kappa shape index (κ1) is 16.1. The van der Waals surface area contributed by atoms with Gasteiger partial charge in [-0.3, -0.25) is 0 Å². The second kappa shape index (κ2) is 5.82. The number of para-hydroxylation sites is 1. The molecule has 0 unspecified atom stereocenters. The van der Waals surface area contributed by atoms with E-state index < -0.39 is 27.0 Å². The summed E-state index contributed by atoms with van der Waals surface area (Å²) in [6.45, 7) is 0.788. The molecule has 0 bridgehead atoms. The second-order valence-electron chi connectivity index (χ2n) is 4.75. The molecule has 0 amide bonds. The van der Waals surface area contributed by atoms with Gasteiger partial charge in [-0.1, -0.05) is 12.1 Å². The van der Waals surface area contributed by atoms with Gasteiger partial charge in [0.2, 0.25) is 10.0 Å². The van der Waals surface area contributed by atoms with Gasteiger partial charge in [0.1, 0.15) is 10.6 Å². The van der Waals surface area contributed by atoms with Crippen LogP contribution in [0.2, 0.25) is 0 Å². The molecule has 1 atom stereocenters. The Labute approximate surface area is 120 Å². The summed E-state index contributed by atoms with van der Waals surface area (Å²) in [4.78, 5) is -0.486. The lowest BCUT2D eigenvalue weighted by atomic mass is 10.1. The number of benzene rings is 1. The van der Waals surface area contributed by atoms with Crippen LogP contribution in [0.15, 0.2) is 29.2 Å². The Balaban J connectivity index is 2.33. The molecule has 2 rings (SSSR count). The Bertz CT molecular complexity index is 604. The van der Waals surface area contributed by atoms with Gasteiger partial charge in [-0.05, 0) is 31.0 Å². The van der Waals surface area contributed by atoms with E-state index in [-0.39, 0.29) is 19.0 Å². The van der Waals surface area contributed by atoms with Crippen LogP contribution in [0.25, 0.3) is 0 Å². The van der Waals surface area contributed by atoms with Crippen LogP contribution in [0, 0.1) is 5.92 Å². The summed E-state index contributed by atoms with van der Waals surface area (Å²) in [5, 5.41) is 0. The van der Waals surface area contributed by atoms with Crippen molar-refractivity contribution in [1.29, 1.82) is 0 Å². The Morgan fingerprint density at radius 1 is 1.33 bits per heavy atom. The average molecular weight is 324 g/mol. The maximum Gasteiger partial charge on any atom is 0.573 e. The molecule has 0 aliphatic carbocycles. The first-order chi connectivity index (χ1) is 9.74. The van der Waals surface area contributed by atoms with Crippen LogP contribution in [0.1, 0.15) is 6.42 Å². The molecule has 0 saturated carbocycles. The second-order valence-corrected chi connectivity index (χ2v) is 6.65. The number of nitrogens with two attached hydrogens (primary N) is 1. The smallest absolute Gasteiger partial charge is 0.404 e. The standard InChI is InChI=1S/C12H15F3N2O3S/c13-12(14,15)20-10-3-1-2-4-11(10)21(18,19)17-6-5-9(7-16)8-17/h1-4,9H,5-8,16H2/t9-/m1/s1. The Morgan fingerprint density at radius 2 is 2.00 bits per heavy atom. The van der Waals surface area contributed by atoms with Crippen molar-refractivity contribution >= 4 is 10.0 Å². The lowest BCUT2D eigenvalue weighted by molar-refractivity contribution is -0.275. The van der Waals surface area contributed by atoms with Gasteiger partial charge in [-0.2, -0.15) is 4.31 Å². The molecular formula is C12H15F3N2O3S. The molecular weight excluding hydrogens is 309 g/mol. The Hall–Kier alpha value is -1.32. The van der Waals surface area contributed by atoms with Gasteiger partial charge < -0.3 is 10.5 Å². The highest BCUT2D eigenvalue weighted by Gasteiger charge is 2.37. The highest BCUT2D eigenvalue weighted by Crippen LogP contribution is 2.33. The van der Waals surface area contributed by atoms with Crippen molar-refractivity contribution in [2.45, 2.75) is 17.7 Å². The van der Waals surface area contributed by atoms with Crippen molar-refractivity contribution in [1.82, 2.24) is 4.31 Å². The van der Waals surface area contributed by atoms with Crippen LogP contribution < -0.4 is 10.5 Å². The largest absolute Gasteiger partial charge is 0.573 e. The number of rotatable bonds is 4. The number of halogens is 3. The van der Waals surface area contributed by atoms with Crippen molar-refractivity contribution in [3.8, 4) is 5.75 Å². The van der Waals surface area contributed by atoms with Gasteiger partial charge >= 0.3 is 6.36 Å². The van der Waals surface area contributed by atoms with E-state index in [1.165, 1.54) is 12.1 Å². The van der Waals surface area contributed by atoms with Gasteiger partial charge in [0.05, 0.1) is 0 Å². The van der Waals surface area contributed by atoms with E-state index in [2.05, 4.69) is 4.74 Å². The molecule has 0 radical (unpaired) electrons. The predicted octanol–water partition coefficient (Wildman–Crippen LogP) is 1.55. The van der Waals surface area contributed by atoms with E-state index in [9.17, 15) is 21.6 Å². The maximum atomic E-state index is 12.4. The highest BCUT2D eigenvalue weighted by atomic mass is 32.2. The summed E-state index contributed by atoms with van der Waals surface area (Å²) >= 11 is 0. The Morgan fingerprint density at radius 3 is 2.57 bits per heavy atom. The molecule has 21 heavy (non-hydrogen) atoms. The first-order valence-electron chi connectivity index (χ1n) is 6.29. The monoisotopic (exact) mass is 324 g/mol. The molecule has 0 aromatic heterocycles. The van der Waals surface area contributed by atoms with Gasteiger partial charge in [0, 0.05) is 13.1 Å². The van der Waals surface area contributed by atoms with Crippen LogP contribution in [0.5, 0.6) is 5.75 Å². The molecule has 1 heterocycles. The van der Waals surface area contributed by atoms with E-state index in [1.807, 2.05) is 0 Å². The fraction of sp³-hybridized carbons (Fsp3) is 0.500. The number of hydrogen-bond donors (Lipinski definition) is 1. The average Bonchev–Trinajstić information content (AvgIpc) is 2.86. The van der Waals surface area contributed by atoms with Crippen molar-refractivity contribution < 1.29 is 26.3 Å². The highest BCUT2D eigenvalue weighted by molar-refractivity contribution is 7.89. The molecule has 5 nitrogen and oxygen atoms in total. The minimum atomic E-state index is -4.95. The molecule has 1 aliphatic rings. The third-order valence-electron chi connectivity index (χ3n) is 3.27. The zero-order chi connectivity index (χ0) is 15.7. The zero-order valence-corrected chi connectivity index (χ0v) is 11.8. The molecule has 0 spiro atoms. The number of alkyl halides is 3. The number of nitrogens with zero attached hydrogens (tertiary/aromatic N) is 1. The molecule has 2 N–H and O–H groups in total. The quantitative estimate of drug-likeness (QED) is 0.912. The van der Waals surface area contributed by atoms with E-state index in [1.54, 1.807) is 0 Å². The fourth-order valence-corrected chi connectivity index (χ4v) is 3.86. The molecule has 1 saturated heterocycles. The molecule has 1 aliphatic heterocycles. The lowest BCUT2D eigenvalue weighted by Gasteiger charge is -2.19. The van der Waals surface area contributed by atoms with Crippen LogP contribution >= 0.6 is 0 Å². The summed E-state index contributed by atoms with van der Waals surface area (Å²) in [5.74, 6) is -0.698. The van der Waals surface area contributed by atoms with Gasteiger partial charge in [-0.15, -0.1) is 13.2 Å². The molecule has 1 aromatic carbocycles. The summed E-state index contributed by atoms with van der Waals surface area (Å²) in [7, 11) is -4.03. The third kappa shape index (κ3) is 3.66. The Kier molecular flexibility index (Phi) is 4.45. The van der Waals surface area contributed by atoms with Crippen LogP contribution in [-0.4, -0.2) is 38.7 Å². The number of sulfonamides is 1. The van der Waals surface area contributed by atoms with E-state index in [4.69, 9.17) is 5.73 Å². The summed E-state index contributed by atoms with van der Waals surface area (Å²) < 4.78 is 66.9. The zero-order valence-electron chi connectivity index (χ0n) is 11.0. The fourth-order valence-electron chi connectivity index (χ4n) is 2.22. The van der Waals surface area contributed by atoms with Crippen LogP contribution in [0.4, 0.5) is 13.2 Å². The van der Waals surface area contributed by atoms with Crippen molar-refractivity contribution in [3.63, 3.8) is 0 Å². The molecule has 9 heteroatoms. The van der Waals surface area contributed by atoms with Gasteiger partial charge in [-0.25, -0.2) is 8.42 Å². The first-order valence-corrected chi connectivity index (χ1v) is 7.73. The van der Waals surface area contributed by atoms with Crippen molar-refractivity contribution in [3.05, 3.63) is 24.3 Å². The minimum absolute atomic E-state index is 0.0236. The van der Waals surface area contributed by atoms with Crippen LogP contribution in [-0.2, 0) is 10.0 Å². The normalized spacial score (nSPS) is 20.7. The van der Waals surface area contributed by atoms with E-state index in [0.717, 1.165) is 16.4 Å². The third-order valence-corrected chi connectivity index (χ3v) is 5.18. The maximum absolute atomic E-state index is 12.4. The van der Waals surface area contributed by atoms with E-state index in [0.29, 0.717) is 13.0 Å². The summed E-state index contributed by atoms with van der Waals surface area (Å²) in [6, 6.07) is 4.72. The number of ether oxygens (including phenoxy) is 1. The molecule has 118 valence electrons. The van der Waals surface area contributed by atoms with Crippen molar-refractivity contribution in [2.24, 2.45) is 11.7 Å².